The Hall–Kier alpha value is 0.390. The molecule has 1 aliphatic rings. The van der Waals surface area contributed by atoms with Gasteiger partial charge >= 0.3 is 0 Å². The first-order chi connectivity index (χ1) is 9.67. The standard InChI is InChI=1S/C17H24BrIO/c1-2-3-14-8-10-17(13-19,11-9-14)20-12-15-4-6-16(18)7-5-15/h4-7,14H,2-3,8-13H2,1H3. The van der Waals surface area contributed by atoms with E-state index in [2.05, 4.69) is 69.7 Å². The lowest BCUT2D eigenvalue weighted by Crippen LogP contribution is -2.38. The normalized spacial score (nSPS) is 26.6. The van der Waals surface area contributed by atoms with Gasteiger partial charge in [-0.25, -0.2) is 0 Å². The van der Waals surface area contributed by atoms with Gasteiger partial charge in [0.25, 0.3) is 0 Å². The van der Waals surface area contributed by atoms with Crippen molar-refractivity contribution in [2.24, 2.45) is 5.92 Å². The zero-order chi connectivity index (χ0) is 14.4. The van der Waals surface area contributed by atoms with Gasteiger partial charge in [0, 0.05) is 8.90 Å². The summed E-state index contributed by atoms with van der Waals surface area (Å²) in [6.07, 6.45) is 7.87. The highest BCUT2D eigenvalue weighted by molar-refractivity contribution is 14.1. The van der Waals surface area contributed by atoms with Gasteiger partial charge in [-0.15, -0.1) is 0 Å². The van der Waals surface area contributed by atoms with Gasteiger partial charge < -0.3 is 4.74 Å². The SMILES string of the molecule is CCCC1CCC(CI)(OCc2ccc(Br)cc2)CC1. The van der Waals surface area contributed by atoms with Gasteiger partial charge in [-0.05, 0) is 49.3 Å². The van der Waals surface area contributed by atoms with Crippen molar-refractivity contribution >= 4 is 38.5 Å². The van der Waals surface area contributed by atoms with Crippen LogP contribution in [-0.2, 0) is 11.3 Å². The van der Waals surface area contributed by atoms with Crippen molar-refractivity contribution in [2.75, 3.05) is 4.43 Å². The van der Waals surface area contributed by atoms with Crippen molar-refractivity contribution in [2.45, 2.75) is 57.7 Å². The van der Waals surface area contributed by atoms with E-state index in [1.807, 2.05) is 0 Å². The molecule has 2 rings (SSSR count). The Balaban J connectivity index is 1.87. The highest BCUT2D eigenvalue weighted by Gasteiger charge is 2.34. The molecule has 0 atom stereocenters. The molecular formula is C17H24BrIO. The molecule has 1 aliphatic carbocycles. The number of halogens is 2. The molecule has 0 saturated heterocycles. The van der Waals surface area contributed by atoms with Gasteiger partial charge in [0.1, 0.15) is 0 Å². The predicted octanol–water partition coefficient (Wildman–Crippen LogP) is 6.13. The number of rotatable bonds is 6. The molecule has 112 valence electrons. The van der Waals surface area contributed by atoms with Crippen LogP contribution in [-0.4, -0.2) is 10.0 Å². The molecule has 1 aromatic rings. The van der Waals surface area contributed by atoms with Crippen LogP contribution in [0.25, 0.3) is 0 Å². The maximum Gasteiger partial charge on any atom is 0.0776 e. The van der Waals surface area contributed by atoms with Crippen LogP contribution in [0.15, 0.2) is 28.7 Å². The maximum atomic E-state index is 6.35. The minimum atomic E-state index is 0.123. The van der Waals surface area contributed by atoms with Crippen molar-refractivity contribution < 1.29 is 4.74 Å². The fourth-order valence-corrected chi connectivity index (χ4v) is 4.28. The Morgan fingerprint density at radius 1 is 1.25 bits per heavy atom. The van der Waals surface area contributed by atoms with E-state index in [1.165, 1.54) is 44.1 Å². The van der Waals surface area contributed by atoms with E-state index in [9.17, 15) is 0 Å². The first-order valence-corrected chi connectivity index (χ1v) is 9.94. The summed E-state index contributed by atoms with van der Waals surface area (Å²) in [6.45, 7) is 3.04. The van der Waals surface area contributed by atoms with E-state index in [-0.39, 0.29) is 5.60 Å². The lowest BCUT2D eigenvalue weighted by Gasteiger charge is -2.39. The highest BCUT2D eigenvalue weighted by atomic mass is 127. The zero-order valence-electron chi connectivity index (χ0n) is 12.2. The van der Waals surface area contributed by atoms with Crippen LogP contribution >= 0.6 is 38.5 Å². The number of ether oxygens (including phenoxy) is 1. The first-order valence-electron chi connectivity index (χ1n) is 7.62. The average Bonchev–Trinajstić information content (AvgIpc) is 2.49. The largest absolute Gasteiger partial charge is 0.370 e. The molecule has 1 saturated carbocycles. The second-order valence-electron chi connectivity index (χ2n) is 5.96. The molecule has 1 aromatic carbocycles. The number of hydrogen-bond acceptors (Lipinski definition) is 1. The van der Waals surface area contributed by atoms with Gasteiger partial charge in [0.2, 0.25) is 0 Å². The Kier molecular flexibility index (Phi) is 6.82. The zero-order valence-corrected chi connectivity index (χ0v) is 16.0. The molecule has 0 aromatic heterocycles. The summed E-state index contributed by atoms with van der Waals surface area (Å²) >= 11 is 5.98. The molecule has 0 heterocycles. The number of benzene rings is 1. The third-order valence-electron chi connectivity index (χ3n) is 4.42. The topological polar surface area (TPSA) is 9.23 Å². The maximum absolute atomic E-state index is 6.35. The molecule has 1 nitrogen and oxygen atoms in total. The third kappa shape index (κ3) is 4.70. The van der Waals surface area contributed by atoms with Crippen molar-refractivity contribution in [3.63, 3.8) is 0 Å². The number of hydrogen-bond donors (Lipinski definition) is 0. The Bertz CT molecular complexity index is 396. The Morgan fingerprint density at radius 2 is 1.90 bits per heavy atom. The first kappa shape index (κ1) is 16.8. The van der Waals surface area contributed by atoms with Crippen molar-refractivity contribution in [3.8, 4) is 0 Å². The summed E-state index contributed by atoms with van der Waals surface area (Å²) in [5.41, 5.74) is 1.39. The minimum Gasteiger partial charge on any atom is -0.370 e. The smallest absolute Gasteiger partial charge is 0.0776 e. The molecule has 0 spiro atoms. The predicted molar refractivity (Wildman–Crippen MR) is 97.4 cm³/mol. The van der Waals surface area contributed by atoms with Gasteiger partial charge in [-0.2, -0.15) is 0 Å². The minimum absolute atomic E-state index is 0.123. The van der Waals surface area contributed by atoms with Crippen LogP contribution < -0.4 is 0 Å². The molecule has 0 bridgehead atoms. The van der Waals surface area contributed by atoms with Crippen molar-refractivity contribution in [1.29, 1.82) is 0 Å². The third-order valence-corrected chi connectivity index (χ3v) is 6.33. The molecule has 0 aliphatic heterocycles. The van der Waals surface area contributed by atoms with Crippen LogP contribution in [0.2, 0.25) is 0 Å². The quantitative estimate of drug-likeness (QED) is 0.374. The van der Waals surface area contributed by atoms with Crippen molar-refractivity contribution in [3.05, 3.63) is 34.3 Å². The molecule has 0 radical (unpaired) electrons. The molecule has 1 fully saturated rings. The molecule has 0 amide bonds. The number of alkyl halides is 1. The van der Waals surface area contributed by atoms with Crippen LogP contribution in [0.4, 0.5) is 0 Å². The van der Waals surface area contributed by atoms with Crippen LogP contribution in [0.3, 0.4) is 0 Å². The van der Waals surface area contributed by atoms with Crippen LogP contribution in [0.1, 0.15) is 51.0 Å². The summed E-state index contributed by atoms with van der Waals surface area (Å²) in [4.78, 5) is 0. The van der Waals surface area contributed by atoms with E-state index in [1.54, 1.807) is 0 Å². The molecule has 0 unspecified atom stereocenters. The summed E-state index contributed by atoms with van der Waals surface area (Å²) < 4.78 is 8.59. The van der Waals surface area contributed by atoms with Gasteiger partial charge in [0.05, 0.1) is 12.2 Å². The van der Waals surface area contributed by atoms with Gasteiger partial charge in [-0.3, -0.25) is 0 Å². The van der Waals surface area contributed by atoms with E-state index in [0.29, 0.717) is 0 Å². The summed E-state index contributed by atoms with van der Waals surface area (Å²) in [5, 5.41) is 0. The lowest BCUT2D eigenvalue weighted by molar-refractivity contribution is -0.0693. The summed E-state index contributed by atoms with van der Waals surface area (Å²) in [7, 11) is 0. The highest BCUT2D eigenvalue weighted by Crippen LogP contribution is 2.38. The second-order valence-corrected chi connectivity index (χ2v) is 7.64. The van der Waals surface area contributed by atoms with Crippen molar-refractivity contribution in [1.82, 2.24) is 0 Å². The molecule has 3 heteroatoms. The van der Waals surface area contributed by atoms with Gasteiger partial charge in [-0.1, -0.05) is 70.4 Å². The second kappa shape index (κ2) is 8.14. The molecule has 20 heavy (non-hydrogen) atoms. The van der Waals surface area contributed by atoms with E-state index in [0.717, 1.165) is 21.4 Å². The van der Waals surface area contributed by atoms with E-state index < -0.39 is 0 Å². The molecule has 0 N–H and O–H groups in total. The Labute approximate surface area is 145 Å². The van der Waals surface area contributed by atoms with Crippen LogP contribution in [0, 0.1) is 5.92 Å². The summed E-state index contributed by atoms with van der Waals surface area (Å²) in [6, 6.07) is 8.47. The summed E-state index contributed by atoms with van der Waals surface area (Å²) in [5.74, 6) is 0.937. The lowest BCUT2D eigenvalue weighted by atomic mass is 9.78. The fourth-order valence-electron chi connectivity index (χ4n) is 3.03. The monoisotopic (exact) mass is 450 g/mol. The average molecular weight is 451 g/mol. The Morgan fingerprint density at radius 3 is 2.45 bits per heavy atom. The fraction of sp³-hybridized carbons (Fsp3) is 0.647. The van der Waals surface area contributed by atoms with E-state index >= 15 is 0 Å². The molecular weight excluding hydrogens is 427 g/mol. The van der Waals surface area contributed by atoms with E-state index in [4.69, 9.17) is 4.74 Å². The van der Waals surface area contributed by atoms with Crippen LogP contribution in [0.5, 0.6) is 0 Å². The van der Waals surface area contributed by atoms with Gasteiger partial charge in [0.15, 0.2) is 0 Å².